The fourth-order valence-corrected chi connectivity index (χ4v) is 4.08. The van der Waals surface area contributed by atoms with E-state index in [0.29, 0.717) is 11.4 Å². The molecule has 0 spiro atoms. The maximum absolute atomic E-state index is 13.0. The van der Waals surface area contributed by atoms with Gasteiger partial charge in [-0.25, -0.2) is 4.79 Å². The highest BCUT2D eigenvalue weighted by molar-refractivity contribution is 7.11. The van der Waals surface area contributed by atoms with Crippen LogP contribution >= 0.6 is 11.3 Å². The number of allylic oxidation sites excluding steroid dienone is 2. The lowest BCUT2D eigenvalue weighted by Gasteiger charge is -2.22. The molecule has 0 radical (unpaired) electrons. The van der Waals surface area contributed by atoms with Crippen LogP contribution in [-0.2, 0) is 14.3 Å². The third-order valence-electron chi connectivity index (χ3n) is 4.42. The van der Waals surface area contributed by atoms with E-state index in [-0.39, 0.29) is 11.4 Å². The Bertz CT molecular complexity index is 945. The maximum Gasteiger partial charge on any atom is 0.343 e. The molecule has 0 bridgehead atoms. The van der Waals surface area contributed by atoms with E-state index in [4.69, 9.17) is 4.74 Å². The Labute approximate surface area is 157 Å². The van der Waals surface area contributed by atoms with Crippen molar-refractivity contribution in [3.8, 4) is 0 Å². The van der Waals surface area contributed by atoms with Crippen LogP contribution in [-0.4, -0.2) is 18.9 Å². The van der Waals surface area contributed by atoms with E-state index in [1.54, 1.807) is 18.3 Å². The van der Waals surface area contributed by atoms with Gasteiger partial charge < -0.3 is 9.64 Å². The summed E-state index contributed by atoms with van der Waals surface area (Å²) in [6.07, 6.45) is 1.86. The Morgan fingerprint density at radius 1 is 1.12 bits per heavy atom. The molecule has 0 amide bonds. The van der Waals surface area contributed by atoms with Gasteiger partial charge in [-0.05, 0) is 74.0 Å². The Morgan fingerprint density at radius 3 is 2.31 bits per heavy atom. The highest BCUT2D eigenvalue weighted by atomic mass is 32.1. The van der Waals surface area contributed by atoms with Gasteiger partial charge in [0.2, 0.25) is 5.78 Å². The number of methoxy groups -OCH3 is 1. The topological polar surface area (TPSA) is 46.6 Å². The average molecular weight is 367 g/mol. The van der Waals surface area contributed by atoms with Gasteiger partial charge in [-0.15, -0.1) is 11.3 Å². The molecule has 4 nitrogen and oxygen atoms in total. The third-order valence-corrected chi connectivity index (χ3v) is 5.39. The monoisotopic (exact) mass is 367 g/mol. The van der Waals surface area contributed by atoms with Gasteiger partial charge in [0.25, 0.3) is 0 Å². The number of anilines is 1. The summed E-state index contributed by atoms with van der Waals surface area (Å²) in [6, 6.07) is 8.12. The van der Waals surface area contributed by atoms with Crippen LogP contribution in [0.5, 0.6) is 0 Å². The zero-order valence-electron chi connectivity index (χ0n) is 15.5. The number of Topliss-reactive ketones (excluding diaryl/α,β-unsaturated/α-hetero) is 1. The number of benzene rings is 1. The van der Waals surface area contributed by atoms with Crippen LogP contribution in [0.1, 0.15) is 28.5 Å². The minimum Gasteiger partial charge on any atom is -0.465 e. The van der Waals surface area contributed by atoms with Gasteiger partial charge in [0.1, 0.15) is 5.57 Å². The molecule has 0 N–H and O–H groups in total. The molecule has 0 atom stereocenters. The first kappa shape index (κ1) is 18.1. The predicted molar refractivity (Wildman–Crippen MR) is 105 cm³/mol. The smallest absolute Gasteiger partial charge is 0.343 e. The number of nitrogens with zero attached hydrogens (tertiary/aromatic N) is 1. The molecule has 1 aliphatic heterocycles. The van der Waals surface area contributed by atoms with Crippen LogP contribution in [0.3, 0.4) is 0 Å². The Morgan fingerprint density at radius 2 is 1.77 bits per heavy atom. The van der Waals surface area contributed by atoms with Crippen molar-refractivity contribution < 1.29 is 14.3 Å². The summed E-state index contributed by atoms with van der Waals surface area (Å²) < 4.78 is 4.84. The van der Waals surface area contributed by atoms with Crippen LogP contribution < -0.4 is 4.90 Å². The number of thiophene rings is 1. The van der Waals surface area contributed by atoms with Gasteiger partial charge in [-0.2, -0.15) is 0 Å². The number of esters is 1. The second kappa shape index (κ2) is 6.92. The van der Waals surface area contributed by atoms with Crippen molar-refractivity contribution in [3.05, 3.63) is 68.2 Å². The number of hydrogen-bond donors (Lipinski definition) is 0. The third kappa shape index (κ3) is 3.10. The molecule has 134 valence electrons. The van der Waals surface area contributed by atoms with Gasteiger partial charge in [0.15, 0.2) is 0 Å². The largest absolute Gasteiger partial charge is 0.465 e. The van der Waals surface area contributed by atoms with Crippen molar-refractivity contribution in [2.45, 2.75) is 27.7 Å². The van der Waals surface area contributed by atoms with Crippen LogP contribution in [0, 0.1) is 20.8 Å². The molecule has 2 aromatic rings. The fourth-order valence-electron chi connectivity index (χ4n) is 3.23. The van der Waals surface area contributed by atoms with E-state index in [1.807, 2.05) is 55.3 Å². The summed E-state index contributed by atoms with van der Waals surface area (Å²) in [7, 11) is 1.29. The molecule has 1 aromatic carbocycles. The molecule has 2 heterocycles. The molecule has 0 unspecified atom stereocenters. The molecule has 26 heavy (non-hydrogen) atoms. The number of ketones is 1. The van der Waals surface area contributed by atoms with Gasteiger partial charge in [-0.1, -0.05) is 6.07 Å². The first-order chi connectivity index (χ1) is 12.3. The summed E-state index contributed by atoms with van der Waals surface area (Å²) in [4.78, 5) is 28.1. The van der Waals surface area contributed by atoms with Crippen molar-refractivity contribution in [1.82, 2.24) is 0 Å². The second-order valence-corrected chi connectivity index (χ2v) is 7.41. The normalized spacial score (nSPS) is 16.0. The first-order valence-electron chi connectivity index (χ1n) is 8.31. The Balaban J connectivity index is 2.22. The Hall–Kier alpha value is -2.66. The summed E-state index contributed by atoms with van der Waals surface area (Å²) in [5.74, 6) is -0.908. The van der Waals surface area contributed by atoms with Gasteiger partial charge in [0, 0.05) is 16.3 Å². The van der Waals surface area contributed by atoms with Crippen LogP contribution in [0.4, 0.5) is 5.69 Å². The first-order valence-corrected chi connectivity index (χ1v) is 9.19. The van der Waals surface area contributed by atoms with E-state index >= 15 is 0 Å². The number of hydrogen-bond acceptors (Lipinski definition) is 5. The molecule has 0 fully saturated rings. The highest BCUT2D eigenvalue weighted by Gasteiger charge is 2.38. The highest BCUT2D eigenvalue weighted by Crippen LogP contribution is 2.37. The van der Waals surface area contributed by atoms with E-state index < -0.39 is 5.97 Å². The van der Waals surface area contributed by atoms with Crippen molar-refractivity contribution in [2.75, 3.05) is 12.0 Å². The summed E-state index contributed by atoms with van der Waals surface area (Å²) in [5, 5.41) is 1.99. The molecule has 1 aromatic heterocycles. The van der Waals surface area contributed by atoms with E-state index in [1.165, 1.54) is 7.11 Å². The summed E-state index contributed by atoms with van der Waals surface area (Å²) in [6.45, 7) is 7.82. The van der Waals surface area contributed by atoms with Gasteiger partial charge in [-0.3, -0.25) is 4.79 Å². The maximum atomic E-state index is 13.0. The fraction of sp³-hybridized carbons (Fsp3) is 0.238. The minimum atomic E-state index is -0.604. The van der Waals surface area contributed by atoms with Crippen molar-refractivity contribution in [1.29, 1.82) is 0 Å². The second-order valence-electron chi connectivity index (χ2n) is 6.46. The lowest BCUT2D eigenvalue weighted by Crippen LogP contribution is -2.18. The van der Waals surface area contributed by atoms with Gasteiger partial charge >= 0.3 is 5.97 Å². The molecule has 3 rings (SSSR count). The van der Waals surface area contributed by atoms with Crippen LogP contribution in [0.25, 0.3) is 6.08 Å². The molecule has 0 saturated carbocycles. The van der Waals surface area contributed by atoms with E-state index in [9.17, 15) is 9.59 Å². The molecule has 5 heteroatoms. The van der Waals surface area contributed by atoms with Crippen molar-refractivity contribution in [2.24, 2.45) is 0 Å². The zero-order chi connectivity index (χ0) is 19.0. The van der Waals surface area contributed by atoms with E-state index in [0.717, 1.165) is 27.3 Å². The standard InChI is InChI=1S/C21H21NO3S/c1-12-8-13(2)10-16(9-12)22-15(4)19(21(24)25-5)20(23)17(22)11-18-14(3)6-7-26-18/h6-11H,1-5H3. The van der Waals surface area contributed by atoms with E-state index in [2.05, 4.69) is 6.07 Å². The summed E-state index contributed by atoms with van der Waals surface area (Å²) >= 11 is 1.57. The number of carbonyl (C=O) groups excluding carboxylic acids is 2. The lowest BCUT2D eigenvalue weighted by atomic mass is 10.1. The number of aryl methyl sites for hydroxylation is 3. The molecule has 0 saturated heterocycles. The van der Waals surface area contributed by atoms with Crippen molar-refractivity contribution >= 4 is 34.9 Å². The molecular formula is C21H21NO3S. The summed E-state index contributed by atoms with van der Waals surface area (Å²) in [5.41, 5.74) is 5.31. The SMILES string of the molecule is COC(=O)C1=C(C)N(c2cc(C)cc(C)c2)C(=Cc2sccc2C)C1=O. The minimum absolute atomic E-state index is 0.0899. The number of rotatable bonds is 3. The van der Waals surface area contributed by atoms with Gasteiger partial charge in [0.05, 0.1) is 12.8 Å². The van der Waals surface area contributed by atoms with Crippen molar-refractivity contribution in [3.63, 3.8) is 0 Å². The predicted octanol–water partition coefficient (Wildman–Crippen LogP) is 4.55. The molecular weight excluding hydrogens is 346 g/mol. The van der Waals surface area contributed by atoms with Crippen LogP contribution in [0.15, 0.2) is 46.6 Å². The average Bonchev–Trinajstić information content (AvgIpc) is 3.08. The number of carbonyl (C=O) groups is 2. The zero-order valence-corrected chi connectivity index (χ0v) is 16.4. The lowest BCUT2D eigenvalue weighted by molar-refractivity contribution is -0.137. The molecule has 0 aliphatic carbocycles. The Kier molecular flexibility index (Phi) is 4.83. The van der Waals surface area contributed by atoms with Crippen LogP contribution in [0.2, 0.25) is 0 Å². The quantitative estimate of drug-likeness (QED) is 0.454. The molecule has 1 aliphatic rings. The number of ether oxygens (including phenoxy) is 1.